The van der Waals surface area contributed by atoms with Gasteiger partial charge in [-0.2, -0.15) is 0 Å². The van der Waals surface area contributed by atoms with Crippen molar-refractivity contribution in [2.24, 2.45) is 0 Å². The molecule has 2 unspecified atom stereocenters. The van der Waals surface area contributed by atoms with Gasteiger partial charge in [0, 0.05) is 12.1 Å². The van der Waals surface area contributed by atoms with E-state index in [2.05, 4.69) is 22.8 Å². The van der Waals surface area contributed by atoms with Gasteiger partial charge in [0.1, 0.15) is 0 Å². The first kappa shape index (κ1) is 12.7. The van der Waals surface area contributed by atoms with Gasteiger partial charge in [-0.3, -0.25) is 4.79 Å². The Morgan fingerprint density at radius 2 is 1.95 bits per heavy atom. The lowest BCUT2D eigenvalue weighted by Gasteiger charge is -2.31. The smallest absolute Gasteiger partial charge is 0.229 e. The molecule has 0 radical (unpaired) electrons. The van der Waals surface area contributed by atoms with E-state index >= 15 is 0 Å². The summed E-state index contributed by atoms with van der Waals surface area (Å²) in [7, 11) is 0. The second-order valence-electron chi connectivity index (χ2n) is 5.73. The second-order valence-corrected chi connectivity index (χ2v) is 5.73. The summed E-state index contributed by atoms with van der Waals surface area (Å²) in [6, 6.07) is 10.9. The van der Waals surface area contributed by atoms with E-state index in [4.69, 9.17) is 0 Å². The van der Waals surface area contributed by atoms with Crippen molar-refractivity contribution in [2.45, 2.75) is 50.1 Å². The molecule has 3 nitrogen and oxygen atoms in total. The third-order valence-corrected chi connectivity index (χ3v) is 4.12. The molecule has 3 rings (SSSR count). The SMILES string of the molecule is O=C(NC1CC1)C(c1ccccc1)C1CCCCN1. The molecule has 1 heterocycles. The van der Waals surface area contributed by atoms with Crippen LogP contribution in [0.5, 0.6) is 0 Å². The van der Waals surface area contributed by atoms with Crippen molar-refractivity contribution < 1.29 is 4.79 Å². The molecule has 1 saturated carbocycles. The Labute approximate surface area is 114 Å². The van der Waals surface area contributed by atoms with Gasteiger partial charge in [-0.1, -0.05) is 36.8 Å². The van der Waals surface area contributed by atoms with Gasteiger partial charge in [-0.05, 0) is 37.8 Å². The number of nitrogens with one attached hydrogen (secondary N) is 2. The predicted octanol–water partition coefficient (Wildman–Crippen LogP) is 2.19. The summed E-state index contributed by atoms with van der Waals surface area (Å²) < 4.78 is 0. The highest BCUT2D eigenvalue weighted by molar-refractivity contribution is 5.85. The molecule has 2 aliphatic rings. The van der Waals surface area contributed by atoms with Crippen molar-refractivity contribution in [3.8, 4) is 0 Å². The predicted molar refractivity (Wildman–Crippen MR) is 76.0 cm³/mol. The summed E-state index contributed by atoms with van der Waals surface area (Å²) >= 11 is 0. The molecule has 19 heavy (non-hydrogen) atoms. The van der Waals surface area contributed by atoms with Gasteiger partial charge in [-0.25, -0.2) is 0 Å². The van der Waals surface area contributed by atoms with Crippen molar-refractivity contribution in [1.29, 1.82) is 0 Å². The van der Waals surface area contributed by atoms with Crippen LogP contribution < -0.4 is 10.6 Å². The van der Waals surface area contributed by atoms with Crippen LogP contribution in [0.3, 0.4) is 0 Å². The zero-order valence-corrected chi connectivity index (χ0v) is 11.3. The van der Waals surface area contributed by atoms with Gasteiger partial charge >= 0.3 is 0 Å². The van der Waals surface area contributed by atoms with Gasteiger partial charge in [-0.15, -0.1) is 0 Å². The van der Waals surface area contributed by atoms with Crippen molar-refractivity contribution in [2.75, 3.05) is 6.54 Å². The van der Waals surface area contributed by atoms with Gasteiger partial charge in [0.25, 0.3) is 0 Å². The Hall–Kier alpha value is -1.35. The van der Waals surface area contributed by atoms with Crippen molar-refractivity contribution >= 4 is 5.91 Å². The summed E-state index contributed by atoms with van der Waals surface area (Å²) in [5.41, 5.74) is 1.14. The van der Waals surface area contributed by atoms with Crippen LogP contribution in [-0.4, -0.2) is 24.5 Å². The Balaban J connectivity index is 1.79. The average molecular weight is 258 g/mol. The average Bonchev–Trinajstić information content (AvgIpc) is 3.25. The summed E-state index contributed by atoms with van der Waals surface area (Å²) in [5.74, 6) is 0.162. The molecule has 1 aliphatic heterocycles. The number of carbonyl (C=O) groups is 1. The molecule has 2 N–H and O–H groups in total. The summed E-state index contributed by atoms with van der Waals surface area (Å²) in [5, 5.41) is 6.70. The number of rotatable bonds is 4. The molecule has 2 fully saturated rings. The van der Waals surface area contributed by atoms with Crippen LogP contribution in [0.1, 0.15) is 43.6 Å². The lowest BCUT2D eigenvalue weighted by molar-refractivity contribution is -0.123. The van der Waals surface area contributed by atoms with Crippen LogP contribution in [-0.2, 0) is 4.79 Å². The monoisotopic (exact) mass is 258 g/mol. The van der Waals surface area contributed by atoms with E-state index < -0.39 is 0 Å². The fourth-order valence-corrected chi connectivity index (χ4v) is 2.91. The van der Waals surface area contributed by atoms with Gasteiger partial charge in [0.05, 0.1) is 5.92 Å². The molecule has 0 spiro atoms. The third kappa shape index (κ3) is 3.16. The standard InChI is InChI=1S/C16H22N2O/c19-16(18-13-9-10-13)15(12-6-2-1-3-7-12)14-8-4-5-11-17-14/h1-3,6-7,13-15,17H,4-5,8-11H2,(H,18,19). The number of carbonyl (C=O) groups excluding carboxylic acids is 1. The van der Waals surface area contributed by atoms with E-state index in [1.54, 1.807) is 0 Å². The highest BCUT2D eigenvalue weighted by Gasteiger charge is 2.33. The van der Waals surface area contributed by atoms with E-state index in [-0.39, 0.29) is 17.9 Å². The molecular formula is C16H22N2O. The lowest BCUT2D eigenvalue weighted by atomic mass is 9.86. The van der Waals surface area contributed by atoms with E-state index in [1.807, 2.05) is 18.2 Å². The minimum atomic E-state index is -0.0397. The van der Waals surface area contributed by atoms with E-state index in [0.29, 0.717) is 6.04 Å². The molecule has 1 amide bonds. The van der Waals surface area contributed by atoms with E-state index in [1.165, 1.54) is 12.8 Å². The number of piperidine rings is 1. The molecule has 1 aliphatic carbocycles. The molecule has 3 heteroatoms. The van der Waals surface area contributed by atoms with Crippen molar-refractivity contribution in [1.82, 2.24) is 10.6 Å². The van der Waals surface area contributed by atoms with Crippen LogP contribution in [0.25, 0.3) is 0 Å². The highest BCUT2D eigenvalue weighted by atomic mass is 16.2. The lowest BCUT2D eigenvalue weighted by Crippen LogP contribution is -2.45. The van der Waals surface area contributed by atoms with Crippen molar-refractivity contribution in [3.63, 3.8) is 0 Å². The largest absolute Gasteiger partial charge is 0.353 e. The molecule has 1 saturated heterocycles. The number of benzene rings is 1. The van der Waals surface area contributed by atoms with Gasteiger partial charge in [0.2, 0.25) is 5.91 Å². The summed E-state index contributed by atoms with van der Waals surface area (Å²) in [6.45, 7) is 1.03. The number of hydrogen-bond donors (Lipinski definition) is 2. The Morgan fingerprint density at radius 3 is 2.58 bits per heavy atom. The molecule has 1 aromatic rings. The van der Waals surface area contributed by atoms with Gasteiger partial charge in [0.15, 0.2) is 0 Å². The van der Waals surface area contributed by atoms with Crippen LogP contribution >= 0.6 is 0 Å². The van der Waals surface area contributed by atoms with Crippen LogP contribution in [0.15, 0.2) is 30.3 Å². The normalized spacial score (nSPS) is 24.7. The maximum absolute atomic E-state index is 12.5. The molecule has 2 atom stereocenters. The Bertz CT molecular complexity index is 422. The van der Waals surface area contributed by atoms with Crippen LogP contribution in [0.2, 0.25) is 0 Å². The highest BCUT2D eigenvalue weighted by Crippen LogP contribution is 2.27. The Kier molecular flexibility index (Phi) is 3.83. The minimum absolute atomic E-state index is 0.0397. The summed E-state index contributed by atoms with van der Waals surface area (Å²) in [6.07, 6.45) is 5.83. The maximum Gasteiger partial charge on any atom is 0.229 e. The molecule has 1 aromatic carbocycles. The summed E-state index contributed by atoms with van der Waals surface area (Å²) in [4.78, 5) is 12.5. The zero-order valence-electron chi connectivity index (χ0n) is 11.3. The quantitative estimate of drug-likeness (QED) is 0.869. The van der Waals surface area contributed by atoms with Crippen LogP contribution in [0, 0.1) is 0 Å². The number of amides is 1. The fourth-order valence-electron chi connectivity index (χ4n) is 2.91. The topological polar surface area (TPSA) is 41.1 Å². The van der Waals surface area contributed by atoms with E-state index in [9.17, 15) is 4.79 Å². The molecular weight excluding hydrogens is 236 g/mol. The molecule has 102 valence electrons. The van der Waals surface area contributed by atoms with Crippen LogP contribution in [0.4, 0.5) is 0 Å². The maximum atomic E-state index is 12.5. The minimum Gasteiger partial charge on any atom is -0.353 e. The molecule has 0 bridgehead atoms. The second kappa shape index (κ2) is 5.74. The first-order valence-electron chi connectivity index (χ1n) is 7.43. The third-order valence-electron chi connectivity index (χ3n) is 4.12. The van der Waals surface area contributed by atoms with E-state index in [0.717, 1.165) is 31.4 Å². The number of hydrogen-bond acceptors (Lipinski definition) is 2. The van der Waals surface area contributed by atoms with Crippen molar-refractivity contribution in [3.05, 3.63) is 35.9 Å². The fraction of sp³-hybridized carbons (Fsp3) is 0.562. The first-order valence-corrected chi connectivity index (χ1v) is 7.43. The zero-order chi connectivity index (χ0) is 13.1. The Morgan fingerprint density at radius 1 is 1.16 bits per heavy atom. The molecule has 0 aromatic heterocycles. The van der Waals surface area contributed by atoms with Gasteiger partial charge < -0.3 is 10.6 Å². The first-order chi connectivity index (χ1) is 9.34.